The lowest BCUT2D eigenvalue weighted by Crippen LogP contribution is -2.71. The average molecular weight is 660 g/mol. The fraction of sp³-hybridized carbons (Fsp3) is 0.351. The zero-order valence-electron chi connectivity index (χ0n) is 27.8. The van der Waals surface area contributed by atoms with Gasteiger partial charge in [0, 0.05) is 6.89 Å². The summed E-state index contributed by atoms with van der Waals surface area (Å²) in [6.45, 7) is 14.5. The molecular weight excluding hydrogens is 613 g/mol. The zero-order valence-corrected chi connectivity index (χ0v) is 29.7. The molecule has 4 atom stereocenters. The number of benzene rings is 3. The Bertz CT molecular complexity index is 1510. The van der Waals surface area contributed by atoms with Gasteiger partial charge in [0.1, 0.15) is 12.0 Å². The maximum Gasteiger partial charge on any atom is 0.356 e. The van der Waals surface area contributed by atoms with Crippen LogP contribution in [-0.2, 0) is 23.5 Å². The second-order valence-electron chi connectivity index (χ2n) is 13.3. The first kappa shape index (κ1) is 35.1. The fourth-order valence-electron chi connectivity index (χ4n) is 6.02. The summed E-state index contributed by atoms with van der Waals surface area (Å²) in [6, 6.07) is 28.1. The van der Waals surface area contributed by atoms with E-state index in [1.165, 1.54) is 11.0 Å². The number of likely N-dealkylation sites (tertiary alicyclic amines) is 1. The van der Waals surface area contributed by atoms with Crippen LogP contribution in [0.4, 0.5) is 0 Å². The van der Waals surface area contributed by atoms with Crippen molar-refractivity contribution in [2.75, 3.05) is 6.61 Å². The smallest absolute Gasteiger partial charge is 0.356 e. The van der Waals surface area contributed by atoms with Crippen LogP contribution in [0.1, 0.15) is 34.6 Å². The van der Waals surface area contributed by atoms with E-state index in [9.17, 15) is 19.5 Å². The third-order valence-corrected chi connectivity index (χ3v) is 18.2. The standard InChI is InChI=1S/C37H46NO6PSi/c1-9-25-43-36(42)34(38-32(26(2)35(40)41)31(33(38)39)27(3)44-46(7,8)37(4,5)6)45(28-19-13-10-14-20-28,29-21-15-11-16-22-29)30-23-17-12-18-24-30/h9-24,26-27,31-32H,1,25H2,2-8H3,(H,40,41)/t26-,27?,31-,32-/m1/s1. The summed E-state index contributed by atoms with van der Waals surface area (Å²) >= 11 is 0. The van der Waals surface area contributed by atoms with Crippen molar-refractivity contribution in [2.45, 2.75) is 64.9 Å². The lowest BCUT2D eigenvalue weighted by molar-refractivity contribution is -0.165. The molecule has 1 aliphatic heterocycles. The van der Waals surface area contributed by atoms with Gasteiger partial charge in [-0.25, -0.2) is 4.79 Å². The van der Waals surface area contributed by atoms with Crippen LogP contribution in [-0.4, -0.2) is 60.3 Å². The minimum absolute atomic E-state index is 0.0732. The van der Waals surface area contributed by atoms with Crippen molar-refractivity contribution >= 4 is 54.4 Å². The highest BCUT2D eigenvalue weighted by Gasteiger charge is 2.59. The Hall–Kier alpha value is -3.71. The summed E-state index contributed by atoms with van der Waals surface area (Å²) in [4.78, 5) is 43.4. The third-order valence-electron chi connectivity index (χ3n) is 9.37. The number of carboxylic acids is 1. The number of esters is 1. The van der Waals surface area contributed by atoms with Crippen LogP contribution in [0.5, 0.6) is 0 Å². The van der Waals surface area contributed by atoms with E-state index in [-0.39, 0.29) is 23.0 Å². The molecule has 244 valence electrons. The van der Waals surface area contributed by atoms with Crippen molar-refractivity contribution in [1.82, 2.24) is 4.90 Å². The molecule has 3 aromatic carbocycles. The maximum atomic E-state index is 14.7. The summed E-state index contributed by atoms with van der Waals surface area (Å²) in [5.74, 6) is -3.86. The van der Waals surface area contributed by atoms with E-state index >= 15 is 0 Å². The summed E-state index contributed by atoms with van der Waals surface area (Å²) in [5, 5.41) is 12.8. The monoisotopic (exact) mass is 659 g/mol. The van der Waals surface area contributed by atoms with Gasteiger partial charge < -0.3 is 19.2 Å². The molecule has 0 bridgehead atoms. The predicted octanol–water partition coefficient (Wildman–Crippen LogP) is 5.80. The fourth-order valence-corrected chi connectivity index (χ4v) is 11.8. The molecule has 3 aromatic rings. The molecule has 0 saturated carbocycles. The minimum atomic E-state index is -3.16. The highest BCUT2D eigenvalue weighted by molar-refractivity contribution is 7.96. The predicted molar refractivity (Wildman–Crippen MR) is 190 cm³/mol. The molecule has 0 radical (unpaired) electrons. The van der Waals surface area contributed by atoms with Gasteiger partial charge in [0.25, 0.3) is 0 Å². The van der Waals surface area contributed by atoms with Crippen molar-refractivity contribution in [2.24, 2.45) is 11.8 Å². The third kappa shape index (κ3) is 6.44. The number of carbonyl (C=O) groups excluding carboxylic acids is 2. The van der Waals surface area contributed by atoms with E-state index < -0.39 is 51.1 Å². The molecule has 0 spiro atoms. The molecule has 1 heterocycles. The second kappa shape index (κ2) is 14.0. The summed E-state index contributed by atoms with van der Waals surface area (Å²) < 4.78 is 12.5. The summed E-state index contributed by atoms with van der Waals surface area (Å²) in [5.41, 5.74) is 0.150. The van der Waals surface area contributed by atoms with Gasteiger partial charge >= 0.3 is 11.9 Å². The minimum Gasteiger partial charge on any atom is -0.481 e. The molecule has 1 N–H and O–H groups in total. The maximum absolute atomic E-state index is 14.7. The van der Waals surface area contributed by atoms with Crippen LogP contribution in [0.3, 0.4) is 0 Å². The SMILES string of the molecule is C=CCOC(=O)C(N1C(=O)[C@H](C(C)O[Si](C)(C)C(C)(C)C)[C@H]1[C@@H](C)C(=O)O)=P(c1ccccc1)(c1ccccc1)c1ccccc1. The van der Waals surface area contributed by atoms with Crippen molar-refractivity contribution in [3.63, 3.8) is 0 Å². The molecule has 1 fully saturated rings. The summed E-state index contributed by atoms with van der Waals surface area (Å²) in [6.07, 6.45) is 0.913. The van der Waals surface area contributed by atoms with E-state index in [0.29, 0.717) is 0 Å². The quantitative estimate of drug-likeness (QED) is 0.0870. The van der Waals surface area contributed by atoms with E-state index in [4.69, 9.17) is 9.16 Å². The van der Waals surface area contributed by atoms with E-state index in [1.807, 2.05) is 97.9 Å². The van der Waals surface area contributed by atoms with Crippen LogP contribution < -0.4 is 15.9 Å². The number of β-lactam (4-membered cyclic amide) rings is 1. The van der Waals surface area contributed by atoms with E-state index in [1.54, 1.807) is 6.92 Å². The first-order valence-electron chi connectivity index (χ1n) is 15.6. The largest absolute Gasteiger partial charge is 0.481 e. The van der Waals surface area contributed by atoms with E-state index in [0.717, 1.165) is 15.9 Å². The number of hydrogen-bond donors (Lipinski definition) is 1. The van der Waals surface area contributed by atoms with Gasteiger partial charge in [0.05, 0.1) is 24.0 Å². The Kier molecular flexibility index (Phi) is 10.7. The molecule has 0 aliphatic carbocycles. The lowest BCUT2D eigenvalue weighted by atomic mass is 9.76. The van der Waals surface area contributed by atoms with Gasteiger partial charge in [-0.1, -0.05) is 124 Å². The molecule has 1 amide bonds. The molecule has 9 heteroatoms. The van der Waals surface area contributed by atoms with E-state index in [2.05, 4.69) is 40.4 Å². The summed E-state index contributed by atoms with van der Waals surface area (Å²) in [7, 11) is -2.34. The zero-order chi connectivity index (χ0) is 33.9. The Morgan fingerprint density at radius 2 is 1.35 bits per heavy atom. The molecule has 1 aliphatic rings. The number of nitrogens with zero attached hydrogens (tertiary/aromatic N) is 1. The Labute approximate surface area is 274 Å². The lowest BCUT2D eigenvalue weighted by Gasteiger charge is -2.54. The number of carbonyl (C=O) groups is 3. The highest BCUT2D eigenvalue weighted by atomic mass is 31.2. The van der Waals surface area contributed by atoms with Crippen molar-refractivity contribution in [1.29, 1.82) is 0 Å². The first-order chi connectivity index (χ1) is 21.7. The molecule has 46 heavy (non-hydrogen) atoms. The second-order valence-corrected chi connectivity index (χ2v) is 21.4. The van der Waals surface area contributed by atoms with Gasteiger partial charge in [0.15, 0.2) is 8.32 Å². The number of aliphatic carboxylic acids is 1. The van der Waals surface area contributed by atoms with Crippen LogP contribution in [0, 0.1) is 11.8 Å². The molecule has 7 nitrogen and oxygen atoms in total. The van der Waals surface area contributed by atoms with Gasteiger partial charge in [-0.15, -0.1) is 0 Å². The Balaban J connectivity index is 2.13. The Morgan fingerprint density at radius 3 is 1.72 bits per heavy atom. The van der Waals surface area contributed by atoms with Crippen molar-refractivity contribution in [3.8, 4) is 0 Å². The number of rotatable bonds is 12. The van der Waals surface area contributed by atoms with Gasteiger partial charge in [-0.05, 0) is 47.9 Å². The normalized spacial score (nSPS) is 18.2. The van der Waals surface area contributed by atoms with Gasteiger partial charge in [0.2, 0.25) is 5.91 Å². The van der Waals surface area contributed by atoms with Crippen molar-refractivity contribution in [3.05, 3.63) is 104 Å². The Morgan fingerprint density at radius 1 is 0.913 bits per heavy atom. The van der Waals surface area contributed by atoms with Crippen LogP contribution in [0.25, 0.3) is 0 Å². The number of carboxylic acid groups (broad SMARTS) is 1. The topological polar surface area (TPSA) is 93.1 Å². The van der Waals surface area contributed by atoms with Crippen molar-refractivity contribution < 1.29 is 28.7 Å². The molecule has 0 aromatic heterocycles. The van der Waals surface area contributed by atoms with Crippen LogP contribution in [0.2, 0.25) is 18.1 Å². The number of amides is 1. The van der Waals surface area contributed by atoms with Gasteiger partial charge in [-0.3, -0.25) is 9.59 Å². The molecule has 4 rings (SSSR count). The highest BCUT2D eigenvalue weighted by Crippen LogP contribution is 2.51. The molecule has 1 saturated heterocycles. The molecular formula is C37H46NO6PSi. The van der Waals surface area contributed by atoms with Gasteiger partial charge in [-0.2, -0.15) is 0 Å². The number of hydrogen-bond acceptors (Lipinski definition) is 5. The number of ether oxygens (including phenoxy) is 1. The average Bonchev–Trinajstić information content (AvgIpc) is 3.02. The molecule has 1 unspecified atom stereocenters. The van der Waals surface area contributed by atoms with Crippen LogP contribution >= 0.6 is 6.89 Å². The van der Waals surface area contributed by atoms with Crippen LogP contribution in [0.15, 0.2) is 104 Å². The first-order valence-corrected chi connectivity index (χ1v) is 20.3.